The zero-order valence-electron chi connectivity index (χ0n) is 20.4. The average Bonchev–Trinajstić information content (AvgIpc) is 3.44. The first-order chi connectivity index (χ1) is 17.6. The predicted molar refractivity (Wildman–Crippen MR) is 138 cm³/mol. The van der Waals surface area contributed by atoms with Crippen LogP contribution in [0.1, 0.15) is 36.0 Å². The maximum atomic E-state index is 13.6. The first-order valence-corrected chi connectivity index (χ1v) is 12.6. The molecule has 3 aromatic carbocycles. The summed E-state index contributed by atoms with van der Waals surface area (Å²) in [6.07, 6.45) is 3.15. The van der Waals surface area contributed by atoms with Gasteiger partial charge in [0.05, 0.1) is 6.10 Å². The summed E-state index contributed by atoms with van der Waals surface area (Å²) in [6, 6.07) is 24.9. The molecule has 0 saturated carbocycles. The normalized spacial score (nSPS) is 15.9. The number of ether oxygens (including phenoxy) is 1. The molecule has 0 unspecified atom stereocenters. The molecule has 0 radical (unpaired) electrons. The minimum absolute atomic E-state index is 0.00524. The highest BCUT2D eigenvalue weighted by molar-refractivity contribution is 5.88. The fourth-order valence-corrected chi connectivity index (χ4v) is 4.52. The van der Waals surface area contributed by atoms with Crippen LogP contribution in [0.25, 0.3) is 0 Å². The topological polar surface area (TPSA) is 58.6 Å². The lowest BCUT2D eigenvalue weighted by molar-refractivity contribution is -0.141. The van der Waals surface area contributed by atoms with Crippen LogP contribution >= 0.6 is 0 Å². The van der Waals surface area contributed by atoms with Crippen molar-refractivity contribution in [3.63, 3.8) is 0 Å². The quantitative estimate of drug-likeness (QED) is 0.426. The Balaban J connectivity index is 1.57. The maximum absolute atomic E-state index is 13.6. The average molecular weight is 489 g/mol. The van der Waals surface area contributed by atoms with Crippen molar-refractivity contribution >= 4 is 11.8 Å². The van der Waals surface area contributed by atoms with E-state index in [-0.39, 0.29) is 36.7 Å². The Bertz CT molecular complexity index is 1100. The summed E-state index contributed by atoms with van der Waals surface area (Å²) >= 11 is 0. The highest BCUT2D eigenvalue weighted by Crippen LogP contribution is 2.18. The standard InChI is InChI=1S/C30H33FN2O3/c31-26-16-13-25(14-17-26)22-33(29(34)18-15-23-8-3-1-4-9-23)28(20-24-10-5-2-6-11-24)30(35)32-21-27-12-7-19-36-27/h1-6,8-11,13-14,16-17,27-28H,7,12,15,18-22H2,(H,32,35)/t27-,28+/m1/s1. The van der Waals surface area contributed by atoms with Crippen LogP contribution in [0, 0.1) is 5.82 Å². The maximum Gasteiger partial charge on any atom is 0.243 e. The predicted octanol–water partition coefficient (Wildman–Crippen LogP) is 4.69. The van der Waals surface area contributed by atoms with Crippen LogP contribution in [0.4, 0.5) is 4.39 Å². The molecule has 1 heterocycles. The van der Waals surface area contributed by atoms with E-state index in [4.69, 9.17) is 4.74 Å². The molecule has 2 amide bonds. The number of aryl methyl sites for hydroxylation is 1. The molecule has 1 saturated heterocycles. The van der Waals surface area contributed by atoms with E-state index in [0.717, 1.165) is 29.5 Å². The third-order valence-corrected chi connectivity index (χ3v) is 6.54. The molecule has 0 aliphatic carbocycles. The monoisotopic (exact) mass is 488 g/mol. The summed E-state index contributed by atoms with van der Waals surface area (Å²) in [6.45, 7) is 1.36. The van der Waals surface area contributed by atoms with Crippen molar-refractivity contribution in [3.8, 4) is 0 Å². The molecule has 1 N–H and O–H groups in total. The third kappa shape index (κ3) is 7.49. The summed E-state index contributed by atoms with van der Waals surface area (Å²) in [5.41, 5.74) is 2.80. The fraction of sp³-hybridized carbons (Fsp3) is 0.333. The van der Waals surface area contributed by atoms with Gasteiger partial charge in [0.15, 0.2) is 0 Å². The molecule has 1 aliphatic rings. The molecule has 0 spiro atoms. The molecule has 5 nitrogen and oxygen atoms in total. The van der Waals surface area contributed by atoms with Crippen molar-refractivity contribution in [2.24, 2.45) is 0 Å². The van der Waals surface area contributed by atoms with Crippen molar-refractivity contribution in [3.05, 3.63) is 107 Å². The van der Waals surface area contributed by atoms with Gasteiger partial charge in [0.2, 0.25) is 11.8 Å². The van der Waals surface area contributed by atoms with Crippen LogP contribution in [-0.4, -0.2) is 42.0 Å². The first-order valence-electron chi connectivity index (χ1n) is 12.6. The van der Waals surface area contributed by atoms with Gasteiger partial charge in [-0.25, -0.2) is 4.39 Å². The zero-order valence-corrected chi connectivity index (χ0v) is 20.4. The van der Waals surface area contributed by atoms with E-state index in [1.807, 2.05) is 60.7 Å². The number of nitrogens with zero attached hydrogens (tertiary/aromatic N) is 1. The summed E-state index contributed by atoms with van der Waals surface area (Å²) in [4.78, 5) is 28.8. The van der Waals surface area contributed by atoms with Gasteiger partial charge in [0, 0.05) is 32.5 Å². The summed E-state index contributed by atoms with van der Waals surface area (Å²) < 4.78 is 19.2. The molecule has 3 aromatic rings. The van der Waals surface area contributed by atoms with Gasteiger partial charge < -0.3 is 15.0 Å². The van der Waals surface area contributed by atoms with Gasteiger partial charge in [-0.15, -0.1) is 0 Å². The number of amides is 2. The van der Waals surface area contributed by atoms with E-state index in [2.05, 4.69) is 5.32 Å². The molecular weight excluding hydrogens is 455 g/mol. The second kappa shape index (κ2) is 13.0. The van der Waals surface area contributed by atoms with E-state index < -0.39 is 6.04 Å². The number of hydrogen-bond donors (Lipinski definition) is 1. The Kier molecular flexibility index (Phi) is 9.22. The van der Waals surface area contributed by atoms with Crippen LogP contribution < -0.4 is 5.32 Å². The molecule has 4 rings (SSSR count). The van der Waals surface area contributed by atoms with Crippen LogP contribution in [0.3, 0.4) is 0 Å². The highest BCUT2D eigenvalue weighted by Gasteiger charge is 2.31. The molecule has 2 atom stereocenters. The second-order valence-electron chi connectivity index (χ2n) is 9.22. The molecule has 0 bridgehead atoms. The minimum atomic E-state index is -0.706. The molecule has 1 aliphatic heterocycles. The van der Waals surface area contributed by atoms with Gasteiger partial charge >= 0.3 is 0 Å². The number of halogens is 1. The first kappa shape index (κ1) is 25.6. The van der Waals surface area contributed by atoms with Crippen molar-refractivity contribution in [1.82, 2.24) is 10.2 Å². The van der Waals surface area contributed by atoms with Crippen LogP contribution in [0.2, 0.25) is 0 Å². The Labute approximate surface area is 212 Å². The zero-order chi connectivity index (χ0) is 25.2. The summed E-state index contributed by atoms with van der Waals surface area (Å²) in [5.74, 6) is -0.656. The van der Waals surface area contributed by atoms with Gasteiger partial charge in [0.25, 0.3) is 0 Å². The number of carbonyl (C=O) groups is 2. The Morgan fingerprint density at radius 1 is 0.917 bits per heavy atom. The van der Waals surface area contributed by atoms with E-state index >= 15 is 0 Å². The van der Waals surface area contributed by atoms with Gasteiger partial charge in [-0.1, -0.05) is 72.8 Å². The lowest BCUT2D eigenvalue weighted by Gasteiger charge is -2.32. The van der Waals surface area contributed by atoms with Crippen LogP contribution in [0.15, 0.2) is 84.9 Å². The molecular formula is C30H33FN2O3. The number of hydrogen-bond acceptors (Lipinski definition) is 3. The van der Waals surface area contributed by atoms with Crippen molar-refractivity contribution in [2.45, 2.75) is 50.8 Å². The molecule has 0 aromatic heterocycles. The fourth-order valence-electron chi connectivity index (χ4n) is 4.52. The largest absolute Gasteiger partial charge is 0.376 e. The van der Waals surface area contributed by atoms with Crippen LogP contribution in [0.5, 0.6) is 0 Å². The smallest absolute Gasteiger partial charge is 0.243 e. The number of nitrogens with one attached hydrogen (secondary N) is 1. The molecule has 36 heavy (non-hydrogen) atoms. The SMILES string of the molecule is O=C(NC[C@H]1CCCO1)[C@H](Cc1ccccc1)N(Cc1ccc(F)cc1)C(=O)CCc1ccccc1. The van der Waals surface area contributed by atoms with E-state index in [9.17, 15) is 14.0 Å². The Morgan fingerprint density at radius 3 is 2.22 bits per heavy atom. The van der Waals surface area contributed by atoms with Gasteiger partial charge in [-0.05, 0) is 48.1 Å². The molecule has 6 heteroatoms. The van der Waals surface area contributed by atoms with E-state index in [0.29, 0.717) is 26.0 Å². The second-order valence-corrected chi connectivity index (χ2v) is 9.22. The van der Waals surface area contributed by atoms with Gasteiger partial charge in [-0.3, -0.25) is 9.59 Å². The highest BCUT2D eigenvalue weighted by atomic mass is 19.1. The number of rotatable bonds is 11. The lowest BCUT2D eigenvalue weighted by atomic mass is 10.0. The number of carbonyl (C=O) groups excluding carboxylic acids is 2. The molecule has 188 valence electrons. The van der Waals surface area contributed by atoms with Gasteiger partial charge in [-0.2, -0.15) is 0 Å². The van der Waals surface area contributed by atoms with Crippen molar-refractivity contribution < 1.29 is 18.7 Å². The van der Waals surface area contributed by atoms with E-state index in [1.54, 1.807) is 17.0 Å². The van der Waals surface area contributed by atoms with E-state index in [1.165, 1.54) is 12.1 Å². The molecule has 1 fully saturated rings. The number of benzene rings is 3. The van der Waals surface area contributed by atoms with Crippen molar-refractivity contribution in [1.29, 1.82) is 0 Å². The Hall–Kier alpha value is -3.51. The van der Waals surface area contributed by atoms with Crippen molar-refractivity contribution in [2.75, 3.05) is 13.2 Å². The minimum Gasteiger partial charge on any atom is -0.376 e. The lowest BCUT2D eigenvalue weighted by Crippen LogP contribution is -2.51. The van der Waals surface area contributed by atoms with Crippen LogP contribution in [-0.2, 0) is 33.7 Å². The summed E-state index contributed by atoms with van der Waals surface area (Å²) in [5, 5.41) is 3.03. The van der Waals surface area contributed by atoms with Gasteiger partial charge in [0.1, 0.15) is 11.9 Å². The summed E-state index contributed by atoms with van der Waals surface area (Å²) in [7, 11) is 0. The Morgan fingerprint density at radius 2 is 1.58 bits per heavy atom. The third-order valence-electron chi connectivity index (χ3n) is 6.54.